The Labute approximate surface area is 258 Å². The minimum atomic E-state index is -0.494. The van der Waals surface area contributed by atoms with Crippen LogP contribution in [-0.2, 0) is 14.1 Å². The molecule has 6 rings (SSSR count). The smallest absolute Gasteiger partial charge is 0.290 e. The van der Waals surface area contributed by atoms with Crippen LogP contribution in [0.1, 0.15) is 67.6 Å². The van der Waals surface area contributed by atoms with Gasteiger partial charge in [0.15, 0.2) is 5.82 Å². The van der Waals surface area contributed by atoms with Crippen molar-refractivity contribution < 1.29 is 18.9 Å². The molecular formula is C33H31N7O5. The molecule has 1 atom stereocenters. The third kappa shape index (κ3) is 5.30. The Balaban J connectivity index is 1.28. The van der Waals surface area contributed by atoms with Crippen molar-refractivity contribution in [2.24, 2.45) is 14.1 Å². The molecule has 0 fully saturated rings. The summed E-state index contributed by atoms with van der Waals surface area (Å²) in [6.07, 6.45) is 2.24. The number of benzene rings is 2. The number of nitrogens with zero attached hydrogens (tertiary/aromatic N) is 5. The molecule has 45 heavy (non-hydrogen) atoms. The van der Waals surface area contributed by atoms with Gasteiger partial charge in [-0.15, -0.1) is 0 Å². The summed E-state index contributed by atoms with van der Waals surface area (Å²) >= 11 is 0. The highest BCUT2D eigenvalue weighted by molar-refractivity contribution is 6.15. The Morgan fingerprint density at radius 3 is 2.36 bits per heavy atom. The third-order valence-corrected chi connectivity index (χ3v) is 7.78. The molecule has 0 bridgehead atoms. The normalized spacial score (nSPS) is 14.0. The number of rotatable bonds is 7. The Kier molecular flexibility index (Phi) is 7.41. The van der Waals surface area contributed by atoms with Crippen molar-refractivity contribution in [1.82, 2.24) is 19.5 Å². The fraction of sp³-hybridized carbons (Fsp3) is 0.212. The first kappa shape index (κ1) is 29.3. The van der Waals surface area contributed by atoms with E-state index in [4.69, 9.17) is 4.52 Å². The van der Waals surface area contributed by atoms with Gasteiger partial charge in [-0.2, -0.15) is 9.84 Å². The van der Waals surface area contributed by atoms with Crippen molar-refractivity contribution in [2.75, 3.05) is 15.5 Å². The summed E-state index contributed by atoms with van der Waals surface area (Å²) in [4.78, 5) is 59.1. The van der Waals surface area contributed by atoms with Crippen molar-refractivity contribution in [3.8, 4) is 11.1 Å². The number of pyridine rings is 1. The first-order chi connectivity index (χ1) is 21.5. The molecule has 12 heteroatoms. The minimum absolute atomic E-state index is 0.144. The number of anilines is 3. The van der Waals surface area contributed by atoms with Gasteiger partial charge in [0.2, 0.25) is 0 Å². The molecule has 3 amide bonds. The summed E-state index contributed by atoms with van der Waals surface area (Å²) in [7, 11) is 3.31. The lowest BCUT2D eigenvalue weighted by atomic mass is 9.99. The van der Waals surface area contributed by atoms with Gasteiger partial charge in [-0.3, -0.25) is 23.9 Å². The summed E-state index contributed by atoms with van der Waals surface area (Å²) in [6.45, 7) is 5.41. The summed E-state index contributed by atoms with van der Waals surface area (Å²) in [5.74, 6) is -0.199. The molecule has 1 aliphatic rings. The average molecular weight is 606 g/mol. The van der Waals surface area contributed by atoms with Crippen molar-refractivity contribution in [3.05, 3.63) is 111 Å². The van der Waals surface area contributed by atoms with Crippen LogP contribution in [-0.4, -0.2) is 37.2 Å². The first-order valence-corrected chi connectivity index (χ1v) is 14.4. The molecule has 2 N–H and O–H groups in total. The minimum Gasteiger partial charge on any atom is -0.381 e. The van der Waals surface area contributed by atoms with Crippen molar-refractivity contribution in [2.45, 2.75) is 33.2 Å². The van der Waals surface area contributed by atoms with Crippen LogP contribution in [0.5, 0.6) is 0 Å². The van der Waals surface area contributed by atoms with E-state index in [1.807, 2.05) is 6.92 Å². The molecule has 228 valence electrons. The van der Waals surface area contributed by atoms with Crippen LogP contribution in [0.25, 0.3) is 11.1 Å². The van der Waals surface area contributed by atoms with Gasteiger partial charge in [0, 0.05) is 60.1 Å². The van der Waals surface area contributed by atoms with Crippen LogP contribution in [0.15, 0.2) is 76.2 Å². The van der Waals surface area contributed by atoms with Crippen molar-refractivity contribution >= 4 is 34.9 Å². The van der Waals surface area contributed by atoms with E-state index in [0.29, 0.717) is 62.9 Å². The second-order valence-corrected chi connectivity index (χ2v) is 10.9. The standard InChI is InChI=1S/C33H31N7O5/c1-6-25-28-24(32(43)40(25)23-12-10-20(11-13-23)27-19(3)45-39(5)33(27)44)16-18(2)34-29(28)31(42)35-22-9-7-8-21(17-22)30(41)36-26-14-15-38(4)37-26/h7-17,25H,6H2,1-5H3,(H,35,42)(H,36,37,41)/t25-/m0/s1. The van der Waals surface area contributed by atoms with Crippen LogP contribution >= 0.6 is 0 Å². The molecule has 0 unspecified atom stereocenters. The topological polar surface area (TPSA) is 144 Å². The lowest BCUT2D eigenvalue weighted by Crippen LogP contribution is -2.28. The third-order valence-electron chi connectivity index (χ3n) is 7.78. The Morgan fingerprint density at radius 2 is 1.71 bits per heavy atom. The van der Waals surface area contributed by atoms with Gasteiger partial charge in [-0.1, -0.05) is 25.1 Å². The molecule has 0 aliphatic carbocycles. The Hall–Kier alpha value is -5.78. The van der Waals surface area contributed by atoms with Crippen LogP contribution in [0.3, 0.4) is 0 Å². The number of amides is 3. The lowest BCUT2D eigenvalue weighted by Gasteiger charge is -2.25. The first-order valence-electron chi connectivity index (χ1n) is 14.4. The van der Waals surface area contributed by atoms with Gasteiger partial charge in [0.1, 0.15) is 11.5 Å². The summed E-state index contributed by atoms with van der Waals surface area (Å²) < 4.78 is 8.19. The molecule has 1 aliphatic heterocycles. The average Bonchev–Trinajstić information content (AvgIpc) is 3.64. The molecule has 0 spiro atoms. The van der Waals surface area contributed by atoms with Crippen LogP contribution < -0.4 is 21.1 Å². The molecule has 3 aromatic heterocycles. The van der Waals surface area contributed by atoms with E-state index in [0.717, 1.165) is 0 Å². The van der Waals surface area contributed by atoms with Crippen LogP contribution in [0.2, 0.25) is 0 Å². The van der Waals surface area contributed by atoms with E-state index in [-0.39, 0.29) is 23.1 Å². The summed E-state index contributed by atoms with van der Waals surface area (Å²) in [5.41, 5.74) is 3.87. The number of aryl methyl sites for hydroxylation is 4. The fourth-order valence-corrected chi connectivity index (χ4v) is 5.77. The largest absolute Gasteiger partial charge is 0.381 e. The quantitative estimate of drug-likeness (QED) is 0.265. The Morgan fingerprint density at radius 1 is 0.956 bits per heavy atom. The molecule has 0 radical (unpaired) electrons. The van der Waals surface area contributed by atoms with Gasteiger partial charge >= 0.3 is 0 Å². The zero-order valence-electron chi connectivity index (χ0n) is 25.4. The van der Waals surface area contributed by atoms with Crippen LogP contribution in [0, 0.1) is 13.8 Å². The van der Waals surface area contributed by atoms with E-state index >= 15 is 0 Å². The molecule has 2 aromatic carbocycles. The second-order valence-electron chi connectivity index (χ2n) is 10.9. The molecular weight excluding hydrogens is 574 g/mol. The second kappa shape index (κ2) is 11.4. The zero-order valence-corrected chi connectivity index (χ0v) is 25.4. The number of carbonyl (C=O) groups excluding carboxylic acids is 3. The van der Waals surface area contributed by atoms with Crippen LogP contribution in [0.4, 0.5) is 17.2 Å². The number of carbonyl (C=O) groups is 3. The molecule has 12 nitrogen and oxygen atoms in total. The van der Waals surface area contributed by atoms with Gasteiger partial charge in [-0.05, 0) is 62.2 Å². The maximum absolute atomic E-state index is 13.8. The van der Waals surface area contributed by atoms with Gasteiger partial charge in [-0.25, -0.2) is 4.98 Å². The van der Waals surface area contributed by atoms with Gasteiger partial charge in [0.05, 0.1) is 11.6 Å². The molecule has 0 saturated heterocycles. The predicted molar refractivity (Wildman–Crippen MR) is 168 cm³/mol. The van der Waals surface area contributed by atoms with E-state index in [9.17, 15) is 19.2 Å². The van der Waals surface area contributed by atoms with E-state index < -0.39 is 11.9 Å². The predicted octanol–water partition coefficient (Wildman–Crippen LogP) is 5.01. The summed E-state index contributed by atoms with van der Waals surface area (Å²) in [6, 6.07) is 16.6. The zero-order chi connectivity index (χ0) is 32.0. The molecule has 4 heterocycles. The van der Waals surface area contributed by atoms with E-state index in [2.05, 4.69) is 20.7 Å². The maximum atomic E-state index is 13.8. The highest BCUT2D eigenvalue weighted by Crippen LogP contribution is 2.41. The monoisotopic (exact) mass is 605 g/mol. The van der Waals surface area contributed by atoms with E-state index in [1.165, 1.54) is 4.74 Å². The highest BCUT2D eigenvalue weighted by atomic mass is 16.5. The number of hydrogen-bond donors (Lipinski definition) is 2. The van der Waals surface area contributed by atoms with Crippen molar-refractivity contribution in [1.29, 1.82) is 0 Å². The number of nitrogens with one attached hydrogen (secondary N) is 2. The lowest BCUT2D eigenvalue weighted by molar-refractivity contribution is 0.0988. The fourth-order valence-electron chi connectivity index (χ4n) is 5.77. The summed E-state index contributed by atoms with van der Waals surface area (Å²) in [5, 5.41) is 9.75. The number of aromatic nitrogens is 4. The number of fused-ring (bicyclic) bond motifs is 1. The Bertz CT molecular complexity index is 2040. The van der Waals surface area contributed by atoms with Gasteiger partial charge < -0.3 is 20.1 Å². The molecule has 5 aromatic rings. The van der Waals surface area contributed by atoms with Crippen molar-refractivity contribution in [3.63, 3.8) is 0 Å². The van der Waals surface area contributed by atoms with E-state index in [1.54, 1.807) is 104 Å². The molecule has 0 saturated carbocycles. The van der Waals surface area contributed by atoms with Gasteiger partial charge in [0.25, 0.3) is 23.3 Å². The SMILES string of the molecule is CC[C@H]1c2c(cc(C)nc2C(=O)Nc2cccc(C(=O)Nc3ccn(C)n3)c2)C(=O)N1c1ccc(-c2c(C)on(C)c2=O)cc1. The highest BCUT2D eigenvalue weighted by Gasteiger charge is 2.40. The number of hydrogen-bond acceptors (Lipinski definition) is 7. The maximum Gasteiger partial charge on any atom is 0.290 e.